The summed E-state index contributed by atoms with van der Waals surface area (Å²) in [6, 6.07) is 15.1. The van der Waals surface area contributed by atoms with E-state index in [9.17, 15) is 4.79 Å². The molecule has 1 amide bonds. The van der Waals surface area contributed by atoms with Crippen LogP contribution in [0.5, 0.6) is 11.5 Å². The number of ether oxygens (including phenoxy) is 2. The van der Waals surface area contributed by atoms with Crippen molar-refractivity contribution in [1.29, 1.82) is 0 Å². The van der Waals surface area contributed by atoms with Gasteiger partial charge >= 0.3 is 0 Å². The van der Waals surface area contributed by atoms with E-state index < -0.39 is 0 Å². The Morgan fingerprint density at radius 3 is 2.69 bits per heavy atom. The Balaban J connectivity index is 1.63. The first-order chi connectivity index (χ1) is 12.7. The molecule has 1 heterocycles. The first-order valence-electron chi connectivity index (χ1n) is 8.71. The number of nitrogens with zero attached hydrogens (tertiary/aromatic N) is 1. The van der Waals surface area contributed by atoms with Crippen LogP contribution in [0.25, 0.3) is 0 Å². The largest absolute Gasteiger partial charge is 0.493 e. The summed E-state index contributed by atoms with van der Waals surface area (Å²) in [4.78, 5) is 14.7. The molecule has 1 unspecified atom stereocenters. The van der Waals surface area contributed by atoms with Crippen molar-refractivity contribution in [2.75, 3.05) is 33.4 Å². The van der Waals surface area contributed by atoms with Crippen LogP contribution in [-0.2, 0) is 4.79 Å². The monoisotopic (exact) mass is 374 g/mol. The standard InChI is InChI=1S/C20H23ClN2O3/c1-25-18-8-4-5-9-19(18)26-13-10-20(24)23-12-11-22-14-17(23)15-6-2-3-7-16(15)21/h2-9,17,22H,10-14H2,1H3. The molecule has 0 saturated carbocycles. The number of amides is 1. The van der Waals surface area contributed by atoms with Gasteiger partial charge in [0.05, 0.1) is 26.2 Å². The van der Waals surface area contributed by atoms with Crippen LogP contribution in [0.3, 0.4) is 0 Å². The van der Waals surface area contributed by atoms with Crippen molar-refractivity contribution in [3.8, 4) is 11.5 Å². The lowest BCUT2D eigenvalue weighted by Gasteiger charge is -2.37. The molecule has 0 bridgehead atoms. The third kappa shape index (κ3) is 4.29. The molecule has 3 rings (SSSR count). The molecule has 1 aliphatic heterocycles. The van der Waals surface area contributed by atoms with Gasteiger partial charge < -0.3 is 19.7 Å². The maximum Gasteiger partial charge on any atom is 0.226 e. The SMILES string of the molecule is COc1ccccc1OCCC(=O)N1CCNCC1c1ccccc1Cl. The summed E-state index contributed by atoms with van der Waals surface area (Å²) in [6.07, 6.45) is 0.305. The van der Waals surface area contributed by atoms with Gasteiger partial charge in [-0.25, -0.2) is 0 Å². The zero-order valence-electron chi connectivity index (χ0n) is 14.8. The highest BCUT2D eigenvalue weighted by molar-refractivity contribution is 6.31. The van der Waals surface area contributed by atoms with Gasteiger partial charge in [-0.15, -0.1) is 0 Å². The summed E-state index contributed by atoms with van der Waals surface area (Å²) in [6.45, 7) is 2.44. The highest BCUT2D eigenvalue weighted by atomic mass is 35.5. The van der Waals surface area contributed by atoms with Crippen molar-refractivity contribution in [3.05, 3.63) is 59.1 Å². The second kappa shape index (κ2) is 8.92. The minimum absolute atomic E-state index is 0.0591. The predicted octanol–water partition coefficient (Wildman–Crippen LogP) is 3.29. The molecule has 5 nitrogen and oxygen atoms in total. The van der Waals surface area contributed by atoms with Crippen molar-refractivity contribution in [3.63, 3.8) is 0 Å². The summed E-state index contributed by atoms with van der Waals surface area (Å²) in [5, 5.41) is 4.03. The molecule has 26 heavy (non-hydrogen) atoms. The van der Waals surface area contributed by atoms with E-state index in [4.69, 9.17) is 21.1 Å². The number of hydrogen-bond donors (Lipinski definition) is 1. The fourth-order valence-corrected chi connectivity index (χ4v) is 3.42. The van der Waals surface area contributed by atoms with Gasteiger partial charge in [-0.1, -0.05) is 41.9 Å². The molecule has 138 valence electrons. The van der Waals surface area contributed by atoms with E-state index in [1.165, 1.54) is 0 Å². The minimum atomic E-state index is -0.0591. The fourth-order valence-electron chi connectivity index (χ4n) is 3.16. The van der Waals surface area contributed by atoms with Crippen molar-refractivity contribution in [2.45, 2.75) is 12.5 Å². The quantitative estimate of drug-likeness (QED) is 0.843. The number of para-hydroxylation sites is 2. The zero-order valence-corrected chi connectivity index (χ0v) is 15.5. The lowest BCUT2D eigenvalue weighted by molar-refractivity contribution is -0.135. The number of carbonyl (C=O) groups excluding carboxylic acids is 1. The minimum Gasteiger partial charge on any atom is -0.493 e. The Bertz CT molecular complexity index is 753. The highest BCUT2D eigenvalue weighted by Gasteiger charge is 2.28. The Hall–Kier alpha value is -2.24. The smallest absolute Gasteiger partial charge is 0.226 e. The van der Waals surface area contributed by atoms with Crippen molar-refractivity contribution >= 4 is 17.5 Å². The average Bonchev–Trinajstić information content (AvgIpc) is 2.68. The van der Waals surface area contributed by atoms with Crippen LogP contribution >= 0.6 is 11.6 Å². The Morgan fingerprint density at radius 1 is 1.19 bits per heavy atom. The lowest BCUT2D eigenvalue weighted by atomic mass is 10.0. The van der Waals surface area contributed by atoms with Crippen LogP contribution in [0.1, 0.15) is 18.0 Å². The average molecular weight is 375 g/mol. The molecule has 1 N–H and O–H groups in total. The molecule has 1 aliphatic rings. The second-order valence-electron chi connectivity index (χ2n) is 6.08. The number of nitrogens with one attached hydrogen (secondary N) is 1. The highest BCUT2D eigenvalue weighted by Crippen LogP contribution is 2.29. The first kappa shape index (κ1) is 18.5. The van der Waals surface area contributed by atoms with Crippen LogP contribution in [-0.4, -0.2) is 44.2 Å². The maximum absolute atomic E-state index is 12.8. The third-order valence-electron chi connectivity index (χ3n) is 4.47. The van der Waals surface area contributed by atoms with Gasteiger partial charge in [-0.3, -0.25) is 4.79 Å². The molecule has 0 aromatic heterocycles. The van der Waals surface area contributed by atoms with Crippen LogP contribution in [0.4, 0.5) is 0 Å². The van der Waals surface area contributed by atoms with Gasteiger partial charge in [0.1, 0.15) is 0 Å². The number of halogens is 1. The number of carbonyl (C=O) groups is 1. The van der Waals surface area contributed by atoms with Crippen molar-refractivity contribution in [1.82, 2.24) is 10.2 Å². The van der Waals surface area contributed by atoms with E-state index >= 15 is 0 Å². The number of piperazine rings is 1. The normalized spacial score (nSPS) is 17.0. The van der Waals surface area contributed by atoms with E-state index in [1.807, 2.05) is 53.4 Å². The first-order valence-corrected chi connectivity index (χ1v) is 9.09. The molecule has 1 fully saturated rings. The zero-order chi connectivity index (χ0) is 18.4. The maximum atomic E-state index is 12.8. The lowest BCUT2D eigenvalue weighted by Crippen LogP contribution is -2.49. The van der Waals surface area contributed by atoms with Gasteiger partial charge in [0.15, 0.2) is 11.5 Å². The third-order valence-corrected chi connectivity index (χ3v) is 4.81. The Morgan fingerprint density at radius 2 is 1.92 bits per heavy atom. The summed E-state index contributed by atoms with van der Waals surface area (Å²) in [5.74, 6) is 1.37. The van der Waals surface area contributed by atoms with E-state index in [0.717, 1.165) is 12.1 Å². The molecule has 2 aromatic rings. The molecule has 0 aliphatic carbocycles. The molecule has 1 saturated heterocycles. The van der Waals surface area contributed by atoms with Crippen molar-refractivity contribution < 1.29 is 14.3 Å². The van der Waals surface area contributed by atoms with Gasteiger partial charge in [-0.2, -0.15) is 0 Å². The number of rotatable bonds is 6. The van der Waals surface area contributed by atoms with Gasteiger partial charge in [-0.05, 0) is 23.8 Å². The van der Waals surface area contributed by atoms with Crippen LogP contribution in [0.15, 0.2) is 48.5 Å². The van der Waals surface area contributed by atoms with Crippen LogP contribution in [0.2, 0.25) is 5.02 Å². The number of benzene rings is 2. The summed E-state index contributed by atoms with van der Waals surface area (Å²) < 4.78 is 11.0. The van der Waals surface area contributed by atoms with Crippen molar-refractivity contribution in [2.24, 2.45) is 0 Å². The van der Waals surface area contributed by atoms with Gasteiger partial charge in [0, 0.05) is 24.7 Å². The molecular formula is C20H23ClN2O3. The van der Waals surface area contributed by atoms with E-state index in [2.05, 4.69) is 5.32 Å². The number of hydrogen-bond acceptors (Lipinski definition) is 4. The summed E-state index contributed by atoms with van der Waals surface area (Å²) >= 11 is 6.34. The summed E-state index contributed by atoms with van der Waals surface area (Å²) in [7, 11) is 1.60. The number of methoxy groups -OCH3 is 1. The fraction of sp³-hybridized carbons (Fsp3) is 0.350. The Kier molecular flexibility index (Phi) is 6.36. The molecular weight excluding hydrogens is 352 g/mol. The molecule has 0 spiro atoms. The van der Waals surface area contributed by atoms with Crippen LogP contribution in [0, 0.1) is 0 Å². The predicted molar refractivity (Wildman–Crippen MR) is 102 cm³/mol. The van der Waals surface area contributed by atoms with Crippen LogP contribution < -0.4 is 14.8 Å². The molecule has 0 radical (unpaired) electrons. The van der Waals surface area contributed by atoms with E-state index in [0.29, 0.717) is 42.6 Å². The van der Waals surface area contributed by atoms with E-state index in [-0.39, 0.29) is 11.9 Å². The Labute approximate surface area is 158 Å². The molecule has 1 atom stereocenters. The second-order valence-corrected chi connectivity index (χ2v) is 6.49. The van der Waals surface area contributed by atoms with Gasteiger partial charge in [0.25, 0.3) is 0 Å². The topological polar surface area (TPSA) is 50.8 Å². The molecule has 6 heteroatoms. The molecule has 2 aromatic carbocycles. The van der Waals surface area contributed by atoms with Gasteiger partial charge in [0.2, 0.25) is 5.91 Å². The van der Waals surface area contributed by atoms with E-state index in [1.54, 1.807) is 7.11 Å². The summed E-state index contributed by atoms with van der Waals surface area (Å²) in [5.41, 5.74) is 0.973.